The predicted octanol–water partition coefficient (Wildman–Crippen LogP) is 4.64. The molecule has 1 fully saturated rings. The van der Waals surface area contributed by atoms with Crippen molar-refractivity contribution in [2.45, 2.75) is 38.1 Å². The van der Waals surface area contributed by atoms with Crippen LogP contribution in [-0.2, 0) is 6.42 Å². The maximum Gasteiger partial charge on any atom is 0.323 e. The Labute approximate surface area is 191 Å². The Balaban J connectivity index is 1.39. The number of anilines is 1. The molecule has 1 aliphatic heterocycles. The Kier molecular flexibility index (Phi) is 7.16. The SMILES string of the molecule is COc1ccc(CCC2CCCCN2C(=O)Nc2nnc(-c3ccccn3)s2)cc1OC. The molecule has 32 heavy (non-hydrogen) atoms. The Bertz CT molecular complexity index is 1040. The zero-order valence-electron chi connectivity index (χ0n) is 18.3. The lowest BCUT2D eigenvalue weighted by Gasteiger charge is -2.35. The molecule has 3 aromatic rings. The summed E-state index contributed by atoms with van der Waals surface area (Å²) in [6.07, 6.45) is 6.59. The first-order valence-corrected chi connectivity index (χ1v) is 11.5. The average Bonchev–Trinajstić information content (AvgIpc) is 3.31. The Morgan fingerprint density at radius 3 is 2.81 bits per heavy atom. The van der Waals surface area contributed by atoms with Gasteiger partial charge in [0.05, 0.1) is 14.2 Å². The van der Waals surface area contributed by atoms with Crippen molar-refractivity contribution < 1.29 is 14.3 Å². The zero-order valence-corrected chi connectivity index (χ0v) is 19.1. The highest BCUT2D eigenvalue weighted by Gasteiger charge is 2.27. The van der Waals surface area contributed by atoms with Crippen molar-refractivity contribution in [3.8, 4) is 22.2 Å². The minimum Gasteiger partial charge on any atom is -0.493 e. The monoisotopic (exact) mass is 453 g/mol. The number of benzene rings is 1. The number of rotatable bonds is 7. The number of ether oxygens (including phenoxy) is 2. The normalized spacial score (nSPS) is 15.9. The molecule has 1 N–H and O–H groups in total. The number of carbonyl (C=O) groups excluding carboxylic acids is 1. The predicted molar refractivity (Wildman–Crippen MR) is 124 cm³/mol. The van der Waals surface area contributed by atoms with Crippen molar-refractivity contribution in [2.75, 3.05) is 26.1 Å². The van der Waals surface area contributed by atoms with E-state index in [2.05, 4.69) is 26.6 Å². The van der Waals surface area contributed by atoms with Gasteiger partial charge in [0, 0.05) is 18.8 Å². The van der Waals surface area contributed by atoms with E-state index in [1.165, 1.54) is 11.3 Å². The Hall–Kier alpha value is -3.20. The number of hydrogen-bond acceptors (Lipinski definition) is 7. The lowest BCUT2D eigenvalue weighted by Crippen LogP contribution is -2.46. The fourth-order valence-electron chi connectivity index (χ4n) is 3.97. The Morgan fingerprint density at radius 2 is 2.03 bits per heavy atom. The number of piperidine rings is 1. The van der Waals surface area contributed by atoms with Crippen molar-refractivity contribution in [1.82, 2.24) is 20.1 Å². The van der Waals surface area contributed by atoms with E-state index in [0.29, 0.717) is 10.1 Å². The van der Waals surface area contributed by atoms with Crippen molar-refractivity contribution in [1.29, 1.82) is 0 Å². The second-order valence-electron chi connectivity index (χ2n) is 7.63. The third kappa shape index (κ3) is 5.16. The van der Waals surface area contributed by atoms with Gasteiger partial charge in [0.1, 0.15) is 5.69 Å². The van der Waals surface area contributed by atoms with Crippen molar-refractivity contribution in [2.24, 2.45) is 0 Å². The number of nitrogens with zero attached hydrogens (tertiary/aromatic N) is 4. The van der Waals surface area contributed by atoms with Crippen LogP contribution in [0.3, 0.4) is 0 Å². The van der Waals surface area contributed by atoms with Crippen molar-refractivity contribution in [3.63, 3.8) is 0 Å². The highest BCUT2D eigenvalue weighted by molar-refractivity contribution is 7.18. The summed E-state index contributed by atoms with van der Waals surface area (Å²) < 4.78 is 10.7. The molecule has 2 amide bonds. The quantitative estimate of drug-likeness (QED) is 0.561. The van der Waals surface area contributed by atoms with E-state index in [4.69, 9.17) is 9.47 Å². The molecule has 0 bridgehead atoms. The van der Waals surface area contributed by atoms with Gasteiger partial charge < -0.3 is 14.4 Å². The largest absolute Gasteiger partial charge is 0.493 e. The molecular formula is C23H27N5O3S. The Morgan fingerprint density at radius 1 is 1.16 bits per heavy atom. The number of pyridine rings is 1. The molecular weight excluding hydrogens is 426 g/mol. The van der Waals surface area contributed by atoms with Crippen LogP contribution in [0.5, 0.6) is 11.5 Å². The van der Waals surface area contributed by atoms with Crippen LogP contribution >= 0.6 is 11.3 Å². The van der Waals surface area contributed by atoms with E-state index in [1.807, 2.05) is 35.2 Å². The van der Waals surface area contributed by atoms with Gasteiger partial charge in [0.25, 0.3) is 0 Å². The molecule has 1 atom stereocenters. The van der Waals surface area contributed by atoms with Gasteiger partial charge >= 0.3 is 6.03 Å². The summed E-state index contributed by atoms with van der Waals surface area (Å²) in [4.78, 5) is 19.2. The molecule has 1 aliphatic rings. The van der Waals surface area contributed by atoms with E-state index < -0.39 is 0 Å². The second-order valence-corrected chi connectivity index (χ2v) is 8.61. The maximum atomic E-state index is 13.0. The van der Waals surface area contributed by atoms with Gasteiger partial charge in [0.15, 0.2) is 16.5 Å². The summed E-state index contributed by atoms with van der Waals surface area (Å²) in [5.74, 6) is 1.44. The number of nitrogens with one attached hydrogen (secondary N) is 1. The van der Waals surface area contributed by atoms with Gasteiger partial charge in [-0.1, -0.05) is 23.5 Å². The summed E-state index contributed by atoms with van der Waals surface area (Å²) in [5.41, 5.74) is 1.91. The summed E-state index contributed by atoms with van der Waals surface area (Å²) in [7, 11) is 3.27. The van der Waals surface area contributed by atoms with Crippen LogP contribution in [0.2, 0.25) is 0 Å². The summed E-state index contributed by atoms with van der Waals surface area (Å²) in [6, 6.07) is 11.7. The average molecular weight is 454 g/mol. The van der Waals surface area contributed by atoms with Crippen LogP contribution in [0.15, 0.2) is 42.6 Å². The molecule has 1 aromatic carbocycles. The molecule has 0 aliphatic carbocycles. The topological polar surface area (TPSA) is 89.5 Å². The first-order chi connectivity index (χ1) is 15.7. The van der Waals surface area contributed by atoms with Crippen molar-refractivity contribution in [3.05, 3.63) is 48.2 Å². The van der Waals surface area contributed by atoms with Gasteiger partial charge in [-0.05, 0) is 61.9 Å². The molecule has 0 saturated carbocycles. The fourth-order valence-corrected chi connectivity index (χ4v) is 4.68. The van der Waals surface area contributed by atoms with Gasteiger partial charge in [-0.2, -0.15) is 0 Å². The number of likely N-dealkylation sites (tertiary alicyclic amines) is 1. The number of aryl methyl sites for hydroxylation is 1. The molecule has 0 radical (unpaired) electrons. The second kappa shape index (κ2) is 10.4. The molecule has 168 valence electrons. The summed E-state index contributed by atoms with van der Waals surface area (Å²) >= 11 is 1.33. The molecule has 3 heterocycles. The molecule has 0 spiro atoms. The van der Waals surface area contributed by atoms with Crippen LogP contribution in [0.4, 0.5) is 9.93 Å². The first-order valence-electron chi connectivity index (χ1n) is 10.7. The standard InChI is InChI=1S/C23H27N5O3S/c1-30-19-12-10-16(15-20(19)31-2)9-11-17-7-4-6-14-28(17)23(29)25-22-27-26-21(32-22)18-8-3-5-13-24-18/h3,5,8,10,12-13,15,17H,4,6-7,9,11,14H2,1-2H3,(H,25,27,29). The minimum atomic E-state index is -0.120. The summed E-state index contributed by atoms with van der Waals surface area (Å²) in [6.45, 7) is 0.744. The number of carbonyl (C=O) groups is 1. The molecule has 4 rings (SSSR count). The zero-order chi connectivity index (χ0) is 22.3. The van der Waals surface area contributed by atoms with Crippen molar-refractivity contribution >= 4 is 22.5 Å². The molecule has 1 saturated heterocycles. The molecule has 2 aromatic heterocycles. The van der Waals surface area contributed by atoms with Gasteiger partial charge in [-0.15, -0.1) is 10.2 Å². The third-order valence-electron chi connectivity index (χ3n) is 5.63. The molecule has 1 unspecified atom stereocenters. The molecule has 8 nitrogen and oxygen atoms in total. The van der Waals surface area contributed by atoms with Gasteiger partial charge in [-0.3, -0.25) is 10.3 Å². The number of urea groups is 1. The number of hydrogen-bond donors (Lipinski definition) is 1. The smallest absolute Gasteiger partial charge is 0.323 e. The minimum absolute atomic E-state index is 0.120. The number of methoxy groups -OCH3 is 2. The van der Waals surface area contributed by atoms with Crippen LogP contribution in [0.25, 0.3) is 10.7 Å². The van der Waals surface area contributed by atoms with Crippen LogP contribution in [0, 0.1) is 0 Å². The summed E-state index contributed by atoms with van der Waals surface area (Å²) in [5, 5.41) is 12.4. The lowest BCUT2D eigenvalue weighted by molar-refractivity contribution is 0.158. The van der Waals surface area contributed by atoms with E-state index in [1.54, 1.807) is 20.4 Å². The number of aromatic nitrogens is 3. The third-order valence-corrected chi connectivity index (χ3v) is 6.49. The van der Waals surface area contributed by atoms with Crippen LogP contribution in [-0.4, -0.2) is 52.9 Å². The van der Waals surface area contributed by atoms with E-state index >= 15 is 0 Å². The van der Waals surface area contributed by atoms with Gasteiger partial charge in [0.2, 0.25) is 5.13 Å². The fraction of sp³-hybridized carbons (Fsp3) is 0.391. The van der Waals surface area contributed by atoms with E-state index in [0.717, 1.165) is 61.4 Å². The van der Waals surface area contributed by atoms with Gasteiger partial charge in [-0.25, -0.2) is 4.79 Å². The highest BCUT2D eigenvalue weighted by atomic mass is 32.1. The highest BCUT2D eigenvalue weighted by Crippen LogP contribution is 2.30. The van der Waals surface area contributed by atoms with Crippen LogP contribution in [0.1, 0.15) is 31.2 Å². The molecule has 9 heteroatoms. The van der Waals surface area contributed by atoms with Crippen LogP contribution < -0.4 is 14.8 Å². The van der Waals surface area contributed by atoms with E-state index in [-0.39, 0.29) is 12.1 Å². The number of amides is 2. The lowest BCUT2D eigenvalue weighted by atomic mass is 9.96. The maximum absolute atomic E-state index is 13.0. The van der Waals surface area contributed by atoms with E-state index in [9.17, 15) is 4.79 Å². The first kappa shape index (κ1) is 22.0.